The molecule has 1 aliphatic rings. The molecule has 2 rings (SSSR count). The molecule has 1 saturated heterocycles. The molecule has 13 heavy (non-hydrogen) atoms. The Labute approximate surface area is 77.0 Å². The van der Waals surface area contributed by atoms with E-state index in [2.05, 4.69) is 15.3 Å². The van der Waals surface area contributed by atoms with Gasteiger partial charge in [-0.25, -0.2) is 9.97 Å². The van der Waals surface area contributed by atoms with Gasteiger partial charge in [0.25, 0.3) is 0 Å². The van der Waals surface area contributed by atoms with Crippen LogP contribution in [0.3, 0.4) is 0 Å². The molecule has 1 fully saturated rings. The van der Waals surface area contributed by atoms with Crippen LogP contribution in [-0.4, -0.2) is 28.2 Å². The molecule has 70 valence electrons. The van der Waals surface area contributed by atoms with Crippen molar-refractivity contribution in [2.75, 3.05) is 13.1 Å². The molecular weight excluding hydrogens is 166 g/mol. The minimum absolute atomic E-state index is 0.552. The van der Waals surface area contributed by atoms with E-state index in [4.69, 9.17) is 0 Å². The summed E-state index contributed by atoms with van der Waals surface area (Å²) in [6.07, 6.45) is 4.72. The number of nitrogens with one attached hydrogen (secondary N) is 1. The molecule has 0 aliphatic carbocycles. The number of hydrogen-bond donors (Lipinski definition) is 2. The summed E-state index contributed by atoms with van der Waals surface area (Å²) < 4.78 is 0. The molecule has 1 aromatic rings. The third-order valence-corrected chi connectivity index (χ3v) is 2.41. The molecule has 0 amide bonds. The van der Waals surface area contributed by atoms with Crippen LogP contribution in [0.5, 0.6) is 0 Å². The van der Waals surface area contributed by atoms with Crippen LogP contribution in [0.1, 0.15) is 18.7 Å². The second-order valence-corrected chi connectivity index (χ2v) is 3.35. The van der Waals surface area contributed by atoms with Gasteiger partial charge in [0.1, 0.15) is 5.60 Å². The molecule has 0 aromatic carbocycles. The summed E-state index contributed by atoms with van der Waals surface area (Å²) in [5.41, 5.74) is -0.813. The highest BCUT2D eigenvalue weighted by molar-refractivity contribution is 5.03. The fourth-order valence-electron chi connectivity index (χ4n) is 1.60. The summed E-state index contributed by atoms with van der Waals surface area (Å²) in [5.74, 6) is 0.552. The van der Waals surface area contributed by atoms with E-state index >= 15 is 0 Å². The first-order chi connectivity index (χ1) is 6.31. The third-order valence-electron chi connectivity index (χ3n) is 2.41. The average Bonchev–Trinajstić information content (AvgIpc) is 2.20. The van der Waals surface area contributed by atoms with E-state index in [1.54, 1.807) is 18.5 Å². The Morgan fingerprint density at radius 1 is 1.23 bits per heavy atom. The average molecular weight is 179 g/mol. The van der Waals surface area contributed by atoms with Gasteiger partial charge in [0, 0.05) is 12.4 Å². The van der Waals surface area contributed by atoms with Crippen LogP contribution in [0.2, 0.25) is 0 Å². The van der Waals surface area contributed by atoms with Gasteiger partial charge in [-0.3, -0.25) is 0 Å². The summed E-state index contributed by atoms with van der Waals surface area (Å²) in [6, 6.07) is 1.76. The van der Waals surface area contributed by atoms with Gasteiger partial charge < -0.3 is 10.4 Å². The molecule has 4 nitrogen and oxygen atoms in total. The van der Waals surface area contributed by atoms with Crippen molar-refractivity contribution in [3.8, 4) is 0 Å². The van der Waals surface area contributed by atoms with Crippen LogP contribution in [-0.2, 0) is 5.60 Å². The van der Waals surface area contributed by atoms with E-state index in [-0.39, 0.29) is 0 Å². The Morgan fingerprint density at radius 3 is 2.46 bits per heavy atom. The van der Waals surface area contributed by atoms with Crippen molar-refractivity contribution < 1.29 is 5.11 Å². The van der Waals surface area contributed by atoms with Crippen molar-refractivity contribution in [1.82, 2.24) is 15.3 Å². The van der Waals surface area contributed by atoms with Gasteiger partial charge >= 0.3 is 0 Å². The van der Waals surface area contributed by atoms with E-state index < -0.39 is 5.60 Å². The quantitative estimate of drug-likeness (QED) is 0.639. The summed E-state index contributed by atoms with van der Waals surface area (Å²) in [6.45, 7) is 1.66. The number of aromatic nitrogens is 2. The van der Waals surface area contributed by atoms with Crippen molar-refractivity contribution in [2.45, 2.75) is 18.4 Å². The topological polar surface area (TPSA) is 58.0 Å². The van der Waals surface area contributed by atoms with Gasteiger partial charge in [-0.2, -0.15) is 0 Å². The lowest BCUT2D eigenvalue weighted by molar-refractivity contribution is -0.00252. The predicted octanol–water partition coefficient (Wildman–Crippen LogP) is 0.0476. The summed E-state index contributed by atoms with van der Waals surface area (Å²) in [5, 5.41) is 13.4. The van der Waals surface area contributed by atoms with Crippen LogP contribution in [0.25, 0.3) is 0 Å². The zero-order chi connectivity index (χ0) is 9.15. The van der Waals surface area contributed by atoms with Crippen LogP contribution < -0.4 is 5.32 Å². The van der Waals surface area contributed by atoms with Crippen molar-refractivity contribution in [1.29, 1.82) is 0 Å². The molecule has 4 heteroatoms. The smallest absolute Gasteiger partial charge is 0.160 e. The molecule has 0 saturated carbocycles. The Kier molecular flexibility index (Phi) is 2.24. The van der Waals surface area contributed by atoms with Gasteiger partial charge in [-0.15, -0.1) is 0 Å². The molecule has 1 aliphatic heterocycles. The predicted molar refractivity (Wildman–Crippen MR) is 48.0 cm³/mol. The Hall–Kier alpha value is -1.00. The van der Waals surface area contributed by atoms with Gasteiger partial charge in [0.2, 0.25) is 0 Å². The Balaban J connectivity index is 2.23. The van der Waals surface area contributed by atoms with Crippen molar-refractivity contribution in [3.63, 3.8) is 0 Å². The SMILES string of the molecule is OC1(c2ncccn2)CCNCC1. The Bertz CT molecular complexity index is 269. The lowest BCUT2D eigenvalue weighted by atomic mass is 9.91. The first-order valence-corrected chi connectivity index (χ1v) is 4.52. The molecule has 2 N–H and O–H groups in total. The van der Waals surface area contributed by atoms with Crippen molar-refractivity contribution >= 4 is 0 Å². The first kappa shape index (κ1) is 8.59. The van der Waals surface area contributed by atoms with Crippen LogP contribution >= 0.6 is 0 Å². The summed E-state index contributed by atoms with van der Waals surface area (Å²) in [7, 11) is 0. The molecule has 0 unspecified atom stereocenters. The number of rotatable bonds is 1. The van der Waals surface area contributed by atoms with E-state index in [0.29, 0.717) is 18.7 Å². The van der Waals surface area contributed by atoms with Gasteiger partial charge in [-0.05, 0) is 32.0 Å². The highest BCUT2D eigenvalue weighted by atomic mass is 16.3. The minimum Gasteiger partial charge on any atom is -0.382 e. The van der Waals surface area contributed by atoms with E-state index in [9.17, 15) is 5.11 Å². The number of nitrogens with zero attached hydrogens (tertiary/aromatic N) is 2. The lowest BCUT2D eigenvalue weighted by Crippen LogP contribution is -2.40. The molecule has 0 radical (unpaired) electrons. The van der Waals surface area contributed by atoms with Crippen LogP contribution in [0, 0.1) is 0 Å². The maximum absolute atomic E-state index is 10.2. The first-order valence-electron chi connectivity index (χ1n) is 4.52. The van der Waals surface area contributed by atoms with E-state index in [1.165, 1.54) is 0 Å². The second kappa shape index (κ2) is 3.40. The molecule has 0 atom stereocenters. The van der Waals surface area contributed by atoms with Gasteiger partial charge in [0.15, 0.2) is 5.82 Å². The third kappa shape index (κ3) is 1.68. The zero-order valence-electron chi connectivity index (χ0n) is 7.40. The lowest BCUT2D eigenvalue weighted by Gasteiger charge is -2.30. The highest BCUT2D eigenvalue weighted by Crippen LogP contribution is 2.26. The normalized spacial score (nSPS) is 21.3. The summed E-state index contributed by atoms with van der Waals surface area (Å²) >= 11 is 0. The summed E-state index contributed by atoms with van der Waals surface area (Å²) in [4.78, 5) is 8.17. The monoisotopic (exact) mass is 179 g/mol. The molecule has 0 spiro atoms. The van der Waals surface area contributed by atoms with Crippen molar-refractivity contribution in [3.05, 3.63) is 24.3 Å². The molecule has 2 heterocycles. The molecule has 0 bridgehead atoms. The van der Waals surface area contributed by atoms with E-state index in [1.807, 2.05) is 0 Å². The fraction of sp³-hybridized carbons (Fsp3) is 0.556. The second-order valence-electron chi connectivity index (χ2n) is 3.35. The molecule has 1 aromatic heterocycles. The number of aliphatic hydroxyl groups is 1. The standard InChI is InChI=1S/C9H13N3O/c13-9(2-6-10-7-3-9)8-11-4-1-5-12-8/h1,4-5,10,13H,2-3,6-7H2. The maximum atomic E-state index is 10.2. The van der Waals surface area contributed by atoms with Crippen LogP contribution in [0.4, 0.5) is 0 Å². The van der Waals surface area contributed by atoms with Crippen LogP contribution in [0.15, 0.2) is 18.5 Å². The zero-order valence-corrected chi connectivity index (χ0v) is 7.40. The van der Waals surface area contributed by atoms with Gasteiger partial charge in [0.05, 0.1) is 0 Å². The molecular formula is C9H13N3O. The maximum Gasteiger partial charge on any atom is 0.160 e. The van der Waals surface area contributed by atoms with Gasteiger partial charge in [-0.1, -0.05) is 0 Å². The Morgan fingerprint density at radius 2 is 1.85 bits per heavy atom. The fourth-order valence-corrected chi connectivity index (χ4v) is 1.60. The number of hydrogen-bond acceptors (Lipinski definition) is 4. The van der Waals surface area contributed by atoms with E-state index in [0.717, 1.165) is 13.1 Å². The largest absolute Gasteiger partial charge is 0.382 e. The number of piperidine rings is 1. The van der Waals surface area contributed by atoms with Crippen molar-refractivity contribution in [2.24, 2.45) is 0 Å². The highest BCUT2D eigenvalue weighted by Gasteiger charge is 2.33. The minimum atomic E-state index is -0.813.